The van der Waals surface area contributed by atoms with Crippen LogP contribution in [0.5, 0.6) is 0 Å². The van der Waals surface area contributed by atoms with Crippen molar-refractivity contribution in [3.05, 3.63) is 0 Å². The fourth-order valence-electron chi connectivity index (χ4n) is 0.499. The van der Waals surface area contributed by atoms with Crippen LogP contribution in [0.3, 0.4) is 0 Å². The van der Waals surface area contributed by atoms with E-state index in [1.54, 1.807) is 0 Å². The van der Waals surface area contributed by atoms with Gasteiger partial charge in [-0.1, -0.05) is 29.5 Å². The summed E-state index contributed by atoms with van der Waals surface area (Å²) < 4.78 is 0.543. The van der Waals surface area contributed by atoms with Crippen molar-refractivity contribution in [2.24, 2.45) is 0 Å². The normalized spacial score (nSPS) is 11.2. The minimum Gasteiger partial charge on any atom is -0.351 e. The van der Waals surface area contributed by atoms with E-state index >= 15 is 0 Å². The quantitative estimate of drug-likeness (QED) is 0.604. The Bertz CT molecular complexity index is 123. The number of amides is 1. The lowest BCUT2D eigenvalue weighted by Crippen LogP contribution is -2.43. The third-order valence-corrected chi connectivity index (χ3v) is 2.18. The molecule has 0 rings (SSSR count). The van der Waals surface area contributed by atoms with Gasteiger partial charge < -0.3 is 5.32 Å². The van der Waals surface area contributed by atoms with Gasteiger partial charge in [-0.05, 0) is 20.3 Å². The number of carbonyl (C=O) groups excluding carboxylic acids is 1. The van der Waals surface area contributed by atoms with Gasteiger partial charge in [0.1, 0.15) is 0 Å². The second kappa shape index (κ2) is 4.16. The largest absolute Gasteiger partial charge is 0.351 e. The predicted octanol–water partition coefficient (Wildman–Crippen LogP) is 1.73. The van der Waals surface area contributed by atoms with Crippen molar-refractivity contribution in [1.82, 2.24) is 5.32 Å². The molecule has 0 aromatic heterocycles. The monoisotopic (exact) mass is 255 g/mol. The predicted molar refractivity (Wildman–Crippen MR) is 51.4 cm³/mol. The molecule has 0 aromatic carbocycles. The molecule has 10 heavy (non-hydrogen) atoms. The molecular formula is C7H14INO. The van der Waals surface area contributed by atoms with Crippen molar-refractivity contribution >= 4 is 28.5 Å². The van der Waals surface area contributed by atoms with E-state index in [0.717, 1.165) is 6.42 Å². The first-order chi connectivity index (χ1) is 4.52. The Morgan fingerprint density at radius 1 is 1.60 bits per heavy atom. The maximum Gasteiger partial charge on any atom is 0.230 e. The molecule has 0 radical (unpaired) electrons. The van der Waals surface area contributed by atoms with E-state index < -0.39 is 0 Å². The zero-order valence-corrected chi connectivity index (χ0v) is 8.86. The third-order valence-electron chi connectivity index (χ3n) is 1.48. The van der Waals surface area contributed by atoms with Gasteiger partial charge in [-0.2, -0.15) is 0 Å². The van der Waals surface area contributed by atoms with Gasteiger partial charge in [-0.25, -0.2) is 0 Å². The minimum absolute atomic E-state index is 0.0394. The molecule has 2 nitrogen and oxygen atoms in total. The molecule has 0 unspecified atom stereocenters. The lowest BCUT2D eigenvalue weighted by Gasteiger charge is -2.23. The molecule has 0 aliphatic carbocycles. The number of alkyl halides is 1. The van der Waals surface area contributed by atoms with Crippen LogP contribution in [-0.4, -0.2) is 15.9 Å². The zero-order valence-electron chi connectivity index (χ0n) is 6.70. The van der Waals surface area contributed by atoms with Gasteiger partial charge in [0, 0.05) is 5.54 Å². The van der Waals surface area contributed by atoms with Crippen molar-refractivity contribution in [3.63, 3.8) is 0 Å². The van der Waals surface area contributed by atoms with Crippen LogP contribution >= 0.6 is 22.6 Å². The molecule has 0 saturated carbocycles. The molecule has 0 saturated heterocycles. The average Bonchev–Trinajstić information content (AvgIpc) is 1.87. The first kappa shape index (κ1) is 10.2. The number of hydrogen-bond acceptors (Lipinski definition) is 1. The number of hydrogen-bond donors (Lipinski definition) is 1. The maximum atomic E-state index is 10.9. The highest BCUT2D eigenvalue weighted by Crippen LogP contribution is 2.06. The highest BCUT2D eigenvalue weighted by molar-refractivity contribution is 14.1. The number of carbonyl (C=O) groups is 1. The molecule has 0 atom stereocenters. The van der Waals surface area contributed by atoms with Crippen LogP contribution in [0.15, 0.2) is 0 Å². The molecule has 0 bridgehead atoms. The first-order valence-corrected chi connectivity index (χ1v) is 4.91. The fraction of sp³-hybridized carbons (Fsp3) is 0.857. The molecule has 0 fully saturated rings. The molecule has 60 valence electrons. The molecule has 0 aliphatic rings. The van der Waals surface area contributed by atoms with Crippen LogP contribution in [0.2, 0.25) is 0 Å². The fourth-order valence-corrected chi connectivity index (χ4v) is 0.690. The lowest BCUT2D eigenvalue weighted by molar-refractivity contribution is -0.119. The zero-order chi connectivity index (χ0) is 8.20. The van der Waals surface area contributed by atoms with E-state index in [9.17, 15) is 4.79 Å². The van der Waals surface area contributed by atoms with Crippen LogP contribution < -0.4 is 5.32 Å². The second-order valence-electron chi connectivity index (χ2n) is 2.92. The van der Waals surface area contributed by atoms with Crippen molar-refractivity contribution in [3.8, 4) is 0 Å². The summed E-state index contributed by atoms with van der Waals surface area (Å²) in [4.78, 5) is 10.9. The van der Waals surface area contributed by atoms with Crippen molar-refractivity contribution in [2.75, 3.05) is 4.43 Å². The maximum absolute atomic E-state index is 10.9. The highest BCUT2D eigenvalue weighted by atomic mass is 127. The Morgan fingerprint density at radius 3 is 2.40 bits per heavy atom. The van der Waals surface area contributed by atoms with E-state index in [-0.39, 0.29) is 11.4 Å². The number of halogens is 1. The van der Waals surface area contributed by atoms with Crippen LogP contribution in [-0.2, 0) is 4.79 Å². The van der Waals surface area contributed by atoms with Gasteiger partial charge in [-0.3, -0.25) is 4.79 Å². The molecule has 1 amide bonds. The van der Waals surface area contributed by atoms with Gasteiger partial charge in [-0.15, -0.1) is 0 Å². The summed E-state index contributed by atoms with van der Waals surface area (Å²) >= 11 is 2.06. The van der Waals surface area contributed by atoms with Gasteiger partial charge in [0.2, 0.25) is 5.91 Å². The summed E-state index contributed by atoms with van der Waals surface area (Å²) in [5.41, 5.74) is -0.0394. The van der Waals surface area contributed by atoms with E-state index in [1.165, 1.54) is 0 Å². The Labute approximate surface area is 75.9 Å². The average molecular weight is 255 g/mol. The van der Waals surface area contributed by atoms with Gasteiger partial charge >= 0.3 is 0 Å². The molecule has 0 heterocycles. The summed E-state index contributed by atoms with van der Waals surface area (Å²) in [7, 11) is 0. The molecule has 1 N–H and O–H groups in total. The standard InChI is InChI=1S/C7H14INO/c1-4-7(2,3)9-6(10)5-8/h4-5H2,1-3H3,(H,9,10). The van der Waals surface area contributed by atoms with Crippen LogP contribution in [0.4, 0.5) is 0 Å². The summed E-state index contributed by atoms with van der Waals surface area (Å²) in [6, 6.07) is 0. The van der Waals surface area contributed by atoms with E-state index in [0.29, 0.717) is 4.43 Å². The van der Waals surface area contributed by atoms with E-state index in [2.05, 4.69) is 34.8 Å². The Balaban J connectivity index is 3.76. The SMILES string of the molecule is CCC(C)(C)NC(=O)CI. The molecular weight excluding hydrogens is 241 g/mol. The Hall–Kier alpha value is 0.200. The molecule has 3 heteroatoms. The highest BCUT2D eigenvalue weighted by Gasteiger charge is 2.16. The number of nitrogens with one attached hydrogen (secondary N) is 1. The van der Waals surface area contributed by atoms with Crippen molar-refractivity contribution < 1.29 is 4.79 Å². The smallest absolute Gasteiger partial charge is 0.230 e. The number of rotatable bonds is 3. The third kappa shape index (κ3) is 4.09. The van der Waals surface area contributed by atoms with Crippen LogP contribution in [0, 0.1) is 0 Å². The Morgan fingerprint density at radius 2 is 2.10 bits per heavy atom. The summed E-state index contributed by atoms with van der Waals surface area (Å²) in [6.07, 6.45) is 0.968. The van der Waals surface area contributed by atoms with Crippen LogP contribution in [0.25, 0.3) is 0 Å². The molecule has 0 spiro atoms. The second-order valence-corrected chi connectivity index (χ2v) is 3.68. The summed E-state index contributed by atoms with van der Waals surface area (Å²) in [5.74, 6) is 0.118. The topological polar surface area (TPSA) is 29.1 Å². The van der Waals surface area contributed by atoms with E-state index in [1.807, 2.05) is 13.8 Å². The van der Waals surface area contributed by atoms with Crippen molar-refractivity contribution in [1.29, 1.82) is 0 Å². The van der Waals surface area contributed by atoms with Crippen molar-refractivity contribution in [2.45, 2.75) is 32.7 Å². The van der Waals surface area contributed by atoms with Gasteiger partial charge in [0.15, 0.2) is 0 Å². The first-order valence-electron chi connectivity index (χ1n) is 3.39. The molecule has 0 aliphatic heterocycles. The molecule has 0 aromatic rings. The summed E-state index contributed by atoms with van der Waals surface area (Å²) in [5, 5.41) is 2.91. The van der Waals surface area contributed by atoms with Gasteiger partial charge in [0.05, 0.1) is 4.43 Å². The Kier molecular flexibility index (Phi) is 4.24. The van der Waals surface area contributed by atoms with E-state index in [4.69, 9.17) is 0 Å². The summed E-state index contributed by atoms with van der Waals surface area (Å²) in [6.45, 7) is 6.11. The van der Waals surface area contributed by atoms with Crippen LogP contribution in [0.1, 0.15) is 27.2 Å². The lowest BCUT2D eigenvalue weighted by atomic mass is 10.0. The van der Waals surface area contributed by atoms with Gasteiger partial charge in [0.25, 0.3) is 0 Å². The minimum atomic E-state index is -0.0394.